The van der Waals surface area contributed by atoms with Gasteiger partial charge in [-0.25, -0.2) is 5.01 Å². The van der Waals surface area contributed by atoms with Gasteiger partial charge in [-0.3, -0.25) is 0 Å². The highest BCUT2D eigenvalue weighted by Gasteiger charge is 2.30. The third kappa shape index (κ3) is 1.56. The number of hydrogen-bond acceptors (Lipinski definition) is 3. The molecule has 0 bridgehead atoms. The van der Waals surface area contributed by atoms with Crippen molar-refractivity contribution in [2.24, 2.45) is 5.10 Å². The van der Waals surface area contributed by atoms with Gasteiger partial charge in [-0.05, 0) is 26.0 Å². The Balaban J connectivity index is 2.32. The molecule has 0 N–H and O–H groups in total. The van der Waals surface area contributed by atoms with Crippen molar-refractivity contribution in [1.82, 2.24) is 0 Å². The summed E-state index contributed by atoms with van der Waals surface area (Å²) in [4.78, 5) is 0.0430. The van der Waals surface area contributed by atoms with Gasteiger partial charge < -0.3 is 0 Å². The first kappa shape index (κ1) is 8.63. The maximum Gasteiger partial charge on any atom is 0.108 e. The van der Waals surface area contributed by atoms with Gasteiger partial charge in [-0.15, -0.1) is 0 Å². The van der Waals surface area contributed by atoms with E-state index in [4.69, 9.17) is 0 Å². The Morgan fingerprint density at radius 2 is 1.92 bits per heavy atom. The number of benzene rings is 1. The summed E-state index contributed by atoms with van der Waals surface area (Å²) < 4.78 is 0. The van der Waals surface area contributed by atoms with Gasteiger partial charge in [-0.2, -0.15) is 5.10 Å². The molecule has 1 aliphatic rings. The van der Waals surface area contributed by atoms with E-state index in [0.29, 0.717) is 0 Å². The summed E-state index contributed by atoms with van der Waals surface area (Å²) in [5.41, 5.74) is 3.04. The number of para-hydroxylation sites is 1. The minimum absolute atomic E-state index is 0.0430. The average Bonchev–Trinajstić information content (AvgIpc) is 2.47. The first-order valence-corrected chi connectivity index (χ1v) is 5.14. The van der Waals surface area contributed by atoms with E-state index in [-0.39, 0.29) is 4.87 Å². The number of anilines is 1. The van der Waals surface area contributed by atoms with E-state index in [1.54, 1.807) is 11.8 Å². The van der Waals surface area contributed by atoms with Crippen molar-refractivity contribution in [3.05, 3.63) is 30.3 Å². The van der Waals surface area contributed by atoms with Gasteiger partial charge >= 0.3 is 0 Å². The molecule has 0 saturated heterocycles. The molecule has 1 aliphatic heterocycles. The van der Waals surface area contributed by atoms with Gasteiger partial charge in [0.1, 0.15) is 4.87 Å². The highest BCUT2D eigenvalue weighted by atomic mass is 32.2. The van der Waals surface area contributed by atoms with E-state index >= 15 is 0 Å². The second kappa shape index (κ2) is 3.07. The van der Waals surface area contributed by atoms with Crippen LogP contribution in [0.4, 0.5) is 5.69 Å². The largest absolute Gasteiger partial charge is 0.249 e. The third-order valence-electron chi connectivity index (χ3n) is 2.01. The van der Waals surface area contributed by atoms with Gasteiger partial charge in [-0.1, -0.05) is 30.0 Å². The lowest BCUT2D eigenvalue weighted by Crippen LogP contribution is -2.33. The summed E-state index contributed by atoms with van der Waals surface area (Å²) in [7, 11) is 0. The fraction of sp³-hybridized carbons (Fsp3) is 0.300. The van der Waals surface area contributed by atoms with Crippen molar-refractivity contribution in [1.29, 1.82) is 0 Å². The first-order chi connectivity index (χ1) is 6.20. The smallest absolute Gasteiger partial charge is 0.108 e. The van der Waals surface area contributed by atoms with E-state index < -0.39 is 0 Å². The number of thioether (sulfide) groups is 1. The second-order valence-corrected chi connectivity index (χ2v) is 4.88. The van der Waals surface area contributed by atoms with E-state index in [1.807, 2.05) is 28.8 Å². The Morgan fingerprint density at radius 1 is 1.23 bits per heavy atom. The van der Waals surface area contributed by atoms with Gasteiger partial charge in [0.25, 0.3) is 0 Å². The van der Waals surface area contributed by atoms with Crippen LogP contribution in [0.25, 0.3) is 0 Å². The molecule has 0 aromatic heterocycles. The van der Waals surface area contributed by atoms with E-state index in [0.717, 1.165) is 5.69 Å². The van der Waals surface area contributed by atoms with Gasteiger partial charge in [0, 0.05) is 0 Å². The average molecular weight is 192 g/mol. The zero-order valence-electron chi connectivity index (χ0n) is 7.77. The van der Waals surface area contributed by atoms with Crippen LogP contribution in [0.5, 0.6) is 0 Å². The van der Waals surface area contributed by atoms with E-state index in [9.17, 15) is 0 Å². The van der Waals surface area contributed by atoms with Crippen LogP contribution in [0.2, 0.25) is 0 Å². The van der Waals surface area contributed by atoms with Gasteiger partial charge in [0.2, 0.25) is 0 Å². The number of nitrogens with zero attached hydrogens (tertiary/aromatic N) is 2. The quantitative estimate of drug-likeness (QED) is 0.680. The van der Waals surface area contributed by atoms with Crippen molar-refractivity contribution >= 4 is 23.0 Å². The summed E-state index contributed by atoms with van der Waals surface area (Å²) in [5, 5.41) is 6.37. The maximum absolute atomic E-state index is 4.33. The van der Waals surface area contributed by atoms with Gasteiger partial charge in [0.15, 0.2) is 0 Å². The lowest BCUT2D eigenvalue weighted by molar-refractivity contribution is 0.672. The molecule has 3 heteroatoms. The van der Waals surface area contributed by atoms with Crippen molar-refractivity contribution in [3.63, 3.8) is 0 Å². The summed E-state index contributed by atoms with van der Waals surface area (Å²) in [6, 6.07) is 10.2. The van der Waals surface area contributed by atoms with Crippen molar-refractivity contribution < 1.29 is 0 Å². The highest BCUT2D eigenvalue weighted by Crippen LogP contribution is 2.36. The van der Waals surface area contributed by atoms with Crippen molar-refractivity contribution in [2.45, 2.75) is 18.7 Å². The van der Waals surface area contributed by atoms with E-state index in [1.165, 1.54) is 0 Å². The molecule has 68 valence electrons. The van der Waals surface area contributed by atoms with Crippen LogP contribution in [0.3, 0.4) is 0 Å². The molecule has 13 heavy (non-hydrogen) atoms. The molecule has 2 rings (SSSR count). The van der Waals surface area contributed by atoms with Crippen LogP contribution < -0.4 is 5.01 Å². The Bertz CT molecular complexity index is 319. The fourth-order valence-electron chi connectivity index (χ4n) is 1.34. The number of hydrogen-bond donors (Lipinski definition) is 0. The lowest BCUT2D eigenvalue weighted by Gasteiger charge is -2.29. The predicted octanol–water partition coefficient (Wildman–Crippen LogP) is 2.92. The van der Waals surface area contributed by atoms with Crippen LogP contribution in [-0.4, -0.2) is 10.4 Å². The fourth-order valence-corrected chi connectivity index (χ4v) is 1.99. The topological polar surface area (TPSA) is 15.6 Å². The van der Waals surface area contributed by atoms with Crippen LogP contribution in [0.1, 0.15) is 13.8 Å². The molecule has 1 aromatic carbocycles. The third-order valence-corrected chi connectivity index (χ3v) is 2.96. The summed E-state index contributed by atoms with van der Waals surface area (Å²) in [5.74, 6) is 0. The molecule has 0 saturated carbocycles. The van der Waals surface area contributed by atoms with E-state index in [2.05, 4.69) is 31.1 Å². The van der Waals surface area contributed by atoms with Gasteiger partial charge in [0.05, 0.1) is 11.2 Å². The number of hydrazone groups is 1. The Morgan fingerprint density at radius 3 is 2.46 bits per heavy atom. The molecule has 1 heterocycles. The molecule has 0 amide bonds. The maximum atomic E-state index is 4.33. The molecule has 0 unspecified atom stereocenters. The highest BCUT2D eigenvalue weighted by molar-refractivity contribution is 8.13. The van der Waals surface area contributed by atoms with Crippen LogP contribution >= 0.6 is 11.8 Å². The summed E-state index contributed by atoms with van der Waals surface area (Å²) in [6.45, 7) is 4.33. The lowest BCUT2D eigenvalue weighted by atomic mass is 10.2. The second-order valence-electron chi connectivity index (χ2n) is 3.43. The molecule has 1 aromatic rings. The van der Waals surface area contributed by atoms with Crippen LogP contribution in [0.15, 0.2) is 35.4 Å². The minimum atomic E-state index is 0.0430. The Hall–Kier alpha value is -0.960. The Kier molecular flexibility index (Phi) is 2.04. The molecule has 0 aliphatic carbocycles. The van der Waals surface area contributed by atoms with Crippen LogP contribution in [0, 0.1) is 0 Å². The first-order valence-electron chi connectivity index (χ1n) is 4.26. The zero-order chi connectivity index (χ0) is 9.31. The molecule has 0 radical (unpaired) electrons. The monoisotopic (exact) mass is 192 g/mol. The SMILES string of the molecule is CC1(C)SC=NN1c1ccccc1. The molecular weight excluding hydrogens is 180 g/mol. The zero-order valence-corrected chi connectivity index (χ0v) is 8.58. The molecular formula is C10H12N2S. The standard InChI is InChI=1S/C10H12N2S/c1-10(2)12(11-8-13-10)9-6-4-3-5-7-9/h3-8H,1-2H3. The molecule has 0 fully saturated rings. The molecule has 0 spiro atoms. The molecule has 2 nitrogen and oxygen atoms in total. The normalized spacial score (nSPS) is 19.4. The molecule has 0 atom stereocenters. The van der Waals surface area contributed by atoms with Crippen LogP contribution in [-0.2, 0) is 0 Å². The Labute approximate surface area is 82.6 Å². The summed E-state index contributed by atoms with van der Waals surface area (Å²) >= 11 is 1.74. The number of rotatable bonds is 1. The summed E-state index contributed by atoms with van der Waals surface area (Å²) in [6.07, 6.45) is 0. The van der Waals surface area contributed by atoms with Crippen molar-refractivity contribution in [3.8, 4) is 0 Å². The minimum Gasteiger partial charge on any atom is -0.249 e. The van der Waals surface area contributed by atoms with Crippen molar-refractivity contribution in [2.75, 3.05) is 5.01 Å². The predicted molar refractivity (Wildman–Crippen MR) is 59.1 cm³/mol.